The Kier molecular flexibility index (Phi) is 4.92. The molecule has 0 radical (unpaired) electrons. The van der Waals surface area contributed by atoms with Crippen LogP contribution in [0.3, 0.4) is 0 Å². The van der Waals surface area contributed by atoms with E-state index in [2.05, 4.69) is 10.6 Å². The van der Waals surface area contributed by atoms with Crippen molar-refractivity contribution in [2.24, 2.45) is 7.05 Å². The molecule has 1 aliphatic heterocycles. The van der Waals surface area contributed by atoms with Crippen LogP contribution >= 0.6 is 0 Å². The van der Waals surface area contributed by atoms with Gasteiger partial charge in [0.25, 0.3) is 11.8 Å². The third-order valence-corrected chi connectivity index (χ3v) is 5.06. The molecule has 7 heteroatoms. The number of hydrogen-bond donors (Lipinski definition) is 4. The summed E-state index contributed by atoms with van der Waals surface area (Å²) in [4.78, 5) is 25.4. The van der Waals surface area contributed by atoms with E-state index in [1.807, 2.05) is 42.1 Å². The Morgan fingerprint density at radius 2 is 1.72 bits per heavy atom. The molecule has 1 aliphatic rings. The van der Waals surface area contributed by atoms with E-state index >= 15 is 0 Å². The molecule has 2 heterocycles. The second kappa shape index (κ2) is 7.54. The number of amides is 2. The van der Waals surface area contributed by atoms with E-state index in [0.29, 0.717) is 28.0 Å². The molecule has 0 saturated carbocycles. The Morgan fingerprint density at radius 3 is 2.48 bits per heavy atom. The van der Waals surface area contributed by atoms with Gasteiger partial charge >= 0.3 is 0 Å². The summed E-state index contributed by atoms with van der Waals surface area (Å²) in [5.41, 5.74) is 3.52. The molecule has 2 amide bonds. The van der Waals surface area contributed by atoms with Crippen molar-refractivity contribution in [2.75, 3.05) is 18.5 Å². The lowest BCUT2D eigenvalue weighted by Gasteiger charge is -2.15. The Bertz CT molecular complexity index is 1140. The number of para-hydroxylation sites is 1. The van der Waals surface area contributed by atoms with Gasteiger partial charge in [-0.05, 0) is 23.8 Å². The first-order valence-corrected chi connectivity index (χ1v) is 9.26. The van der Waals surface area contributed by atoms with E-state index in [9.17, 15) is 19.8 Å². The highest BCUT2D eigenvalue weighted by Gasteiger charge is 2.33. The van der Waals surface area contributed by atoms with Crippen LogP contribution in [0.25, 0.3) is 22.0 Å². The molecule has 29 heavy (non-hydrogen) atoms. The number of aryl methyl sites for hydroxylation is 1. The van der Waals surface area contributed by atoms with Crippen LogP contribution in [-0.2, 0) is 16.6 Å². The largest absolute Gasteiger partial charge is 0.394 e. The number of aliphatic hydroxyl groups is 2. The molecular formula is C22H21N3O4. The Hall–Kier alpha value is -3.42. The minimum Gasteiger partial charge on any atom is -0.394 e. The van der Waals surface area contributed by atoms with E-state index < -0.39 is 17.9 Å². The van der Waals surface area contributed by atoms with Crippen molar-refractivity contribution in [3.05, 3.63) is 65.9 Å². The number of rotatable bonds is 6. The van der Waals surface area contributed by atoms with Gasteiger partial charge in [-0.2, -0.15) is 0 Å². The zero-order chi connectivity index (χ0) is 20.5. The van der Waals surface area contributed by atoms with Gasteiger partial charge in [-0.1, -0.05) is 30.3 Å². The van der Waals surface area contributed by atoms with Gasteiger partial charge in [0.05, 0.1) is 30.4 Å². The van der Waals surface area contributed by atoms with Gasteiger partial charge in [-0.25, -0.2) is 0 Å². The van der Waals surface area contributed by atoms with Gasteiger partial charge in [-0.3, -0.25) is 14.9 Å². The molecule has 0 bridgehead atoms. The fraction of sp³-hybridized carbons (Fsp3) is 0.182. The number of benzene rings is 2. The van der Waals surface area contributed by atoms with Crippen LogP contribution in [0.1, 0.15) is 11.1 Å². The van der Waals surface area contributed by atoms with Crippen molar-refractivity contribution in [1.29, 1.82) is 0 Å². The average molecular weight is 391 g/mol. The molecule has 0 atom stereocenters. The molecule has 0 aliphatic carbocycles. The monoisotopic (exact) mass is 391 g/mol. The lowest BCUT2D eigenvalue weighted by atomic mass is 9.95. The molecule has 4 N–H and O–H groups in total. The number of aromatic nitrogens is 1. The van der Waals surface area contributed by atoms with Crippen molar-refractivity contribution >= 4 is 39.6 Å². The second-order valence-electron chi connectivity index (χ2n) is 6.99. The van der Waals surface area contributed by atoms with E-state index in [1.165, 1.54) is 0 Å². The minimum atomic E-state index is -0.518. The normalized spacial score (nSPS) is 14.2. The minimum absolute atomic E-state index is 0.232. The summed E-state index contributed by atoms with van der Waals surface area (Å²) in [7, 11) is 1.90. The first-order valence-electron chi connectivity index (χ1n) is 9.26. The number of aliphatic hydroxyl groups excluding tert-OH is 2. The van der Waals surface area contributed by atoms with Crippen molar-refractivity contribution in [3.8, 4) is 0 Å². The topological polar surface area (TPSA) is 104 Å². The SMILES string of the molecule is Cn1cc(C2=C(c3cccc(NC(CO)CO)c3)C(=O)NC2=O)c2ccccc21. The predicted octanol–water partition coefficient (Wildman–Crippen LogP) is 1.51. The number of carbonyl (C=O) groups excluding carboxylic acids is 2. The van der Waals surface area contributed by atoms with Crippen LogP contribution in [0, 0.1) is 0 Å². The number of imide groups is 1. The molecule has 148 valence electrons. The zero-order valence-electron chi connectivity index (χ0n) is 15.8. The summed E-state index contributed by atoms with van der Waals surface area (Å²) < 4.78 is 1.93. The quantitative estimate of drug-likeness (QED) is 0.477. The van der Waals surface area contributed by atoms with Gasteiger partial charge < -0.3 is 20.1 Å². The van der Waals surface area contributed by atoms with Crippen LogP contribution in [0.15, 0.2) is 54.7 Å². The van der Waals surface area contributed by atoms with Crippen LogP contribution in [0.2, 0.25) is 0 Å². The molecule has 7 nitrogen and oxygen atoms in total. The molecule has 1 aromatic heterocycles. The number of anilines is 1. The molecule has 2 aromatic carbocycles. The van der Waals surface area contributed by atoms with E-state index in [-0.39, 0.29) is 13.2 Å². The Balaban J connectivity index is 1.87. The molecule has 0 fully saturated rings. The smallest absolute Gasteiger partial charge is 0.259 e. The summed E-state index contributed by atoms with van der Waals surface area (Å²) in [5, 5.41) is 24.9. The van der Waals surface area contributed by atoms with E-state index in [1.54, 1.807) is 24.3 Å². The van der Waals surface area contributed by atoms with Gasteiger partial charge in [0.2, 0.25) is 0 Å². The number of fused-ring (bicyclic) bond motifs is 1. The number of nitrogens with zero attached hydrogens (tertiary/aromatic N) is 1. The second-order valence-corrected chi connectivity index (χ2v) is 6.99. The molecule has 0 spiro atoms. The number of hydrogen-bond acceptors (Lipinski definition) is 5. The van der Waals surface area contributed by atoms with Crippen LogP contribution < -0.4 is 10.6 Å². The predicted molar refractivity (Wildman–Crippen MR) is 111 cm³/mol. The fourth-order valence-corrected chi connectivity index (χ4v) is 3.68. The van der Waals surface area contributed by atoms with Crippen LogP contribution in [-0.4, -0.2) is 45.9 Å². The van der Waals surface area contributed by atoms with Crippen LogP contribution in [0.5, 0.6) is 0 Å². The number of nitrogens with one attached hydrogen (secondary N) is 2. The molecule has 4 rings (SSSR count). The summed E-state index contributed by atoms with van der Waals surface area (Å²) in [5.74, 6) is -0.876. The first kappa shape index (κ1) is 18.9. The Labute approximate surface area is 167 Å². The van der Waals surface area contributed by atoms with E-state index in [4.69, 9.17) is 0 Å². The summed E-state index contributed by atoms with van der Waals surface area (Å²) in [6.07, 6.45) is 1.85. The highest BCUT2D eigenvalue weighted by atomic mass is 16.3. The Morgan fingerprint density at radius 1 is 1.00 bits per heavy atom. The standard InChI is InChI=1S/C22H21N3O4/c1-25-10-17(16-7-2-3-8-18(16)25)20-19(21(28)24-22(20)29)13-5-4-6-14(9-13)23-15(11-26)12-27/h2-10,15,23,26-27H,11-12H2,1H3,(H,24,28,29). The highest BCUT2D eigenvalue weighted by molar-refractivity contribution is 6.50. The maximum Gasteiger partial charge on any atom is 0.259 e. The van der Waals surface area contributed by atoms with Crippen molar-refractivity contribution < 1.29 is 19.8 Å². The lowest BCUT2D eigenvalue weighted by molar-refractivity contribution is -0.122. The van der Waals surface area contributed by atoms with Crippen molar-refractivity contribution in [2.45, 2.75) is 6.04 Å². The van der Waals surface area contributed by atoms with Gasteiger partial charge in [0, 0.05) is 35.4 Å². The maximum absolute atomic E-state index is 12.7. The van der Waals surface area contributed by atoms with Crippen molar-refractivity contribution in [1.82, 2.24) is 9.88 Å². The van der Waals surface area contributed by atoms with Gasteiger partial charge in [0.15, 0.2) is 0 Å². The third kappa shape index (κ3) is 3.30. The maximum atomic E-state index is 12.7. The van der Waals surface area contributed by atoms with E-state index in [0.717, 1.165) is 10.9 Å². The average Bonchev–Trinajstić information content (AvgIpc) is 3.21. The molecule has 0 unspecified atom stereocenters. The lowest BCUT2D eigenvalue weighted by Crippen LogP contribution is -2.27. The zero-order valence-corrected chi connectivity index (χ0v) is 15.8. The third-order valence-electron chi connectivity index (χ3n) is 5.06. The summed E-state index contributed by atoms with van der Waals surface area (Å²) in [6.45, 7) is -0.465. The number of carbonyl (C=O) groups is 2. The summed E-state index contributed by atoms with van der Waals surface area (Å²) >= 11 is 0. The molecular weight excluding hydrogens is 370 g/mol. The van der Waals surface area contributed by atoms with Crippen LogP contribution in [0.4, 0.5) is 5.69 Å². The fourth-order valence-electron chi connectivity index (χ4n) is 3.68. The van der Waals surface area contributed by atoms with Crippen molar-refractivity contribution in [3.63, 3.8) is 0 Å². The summed E-state index contributed by atoms with van der Waals surface area (Å²) in [6, 6.07) is 14.2. The highest BCUT2D eigenvalue weighted by Crippen LogP contribution is 2.36. The first-order chi connectivity index (χ1) is 14.0. The van der Waals surface area contributed by atoms with Gasteiger partial charge in [-0.15, -0.1) is 0 Å². The molecule has 0 saturated heterocycles. The molecule has 3 aromatic rings. The van der Waals surface area contributed by atoms with Gasteiger partial charge in [0.1, 0.15) is 0 Å².